The number of nitrogens with one attached hydrogen (secondary N) is 1. The van der Waals surface area contributed by atoms with Crippen LogP contribution in [0.4, 0.5) is 0 Å². The molecule has 0 amide bonds. The number of aromatic hydroxyl groups is 1. The topological polar surface area (TPSA) is 32.3 Å². The first-order valence-electron chi connectivity index (χ1n) is 6.93. The molecule has 92 valence electrons. The van der Waals surface area contributed by atoms with Crippen molar-refractivity contribution in [2.75, 3.05) is 6.54 Å². The first-order chi connectivity index (χ1) is 8.36. The standard InChI is InChI=1S/C15H21NO/c17-15-12-6-2-1-5-11(12)8-9-13(15)14-7-3-4-10-16-14/h8-9,14,16-17H,1-7,10H2. The average Bonchev–Trinajstić information content (AvgIpc) is 2.40. The van der Waals surface area contributed by atoms with E-state index in [1.54, 1.807) is 0 Å². The Morgan fingerprint density at radius 3 is 2.76 bits per heavy atom. The Hall–Kier alpha value is -1.02. The van der Waals surface area contributed by atoms with Crippen LogP contribution in [0.5, 0.6) is 5.75 Å². The van der Waals surface area contributed by atoms with E-state index in [0.29, 0.717) is 11.8 Å². The van der Waals surface area contributed by atoms with Gasteiger partial charge in [-0.05, 0) is 56.2 Å². The Kier molecular flexibility index (Phi) is 3.06. The van der Waals surface area contributed by atoms with Gasteiger partial charge < -0.3 is 10.4 Å². The molecule has 2 heteroatoms. The molecular weight excluding hydrogens is 210 g/mol. The molecule has 1 aromatic rings. The Morgan fingerprint density at radius 2 is 1.94 bits per heavy atom. The van der Waals surface area contributed by atoms with E-state index in [1.807, 2.05) is 0 Å². The maximum Gasteiger partial charge on any atom is 0.123 e. The van der Waals surface area contributed by atoms with E-state index in [4.69, 9.17) is 0 Å². The number of benzene rings is 1. The summed E-state index contributed by atoms with van der Waals surface area (Å²) in [6.07, 6.45) is 8.39. The maximum absolute atomic E-state index is 10.4. The number of fused-ring (bicyclic) bond motifs is 1. The van der Waals surface area contributed by atoms with Gasteiger partial charge in [-0.3, -0.25) is 0 Å². The summed E-state index contributed by atoms with van der Waals surface area (Å²) in [7, 11) is 0. The first-order valence-corrected chi connectivity index (χ1v) is 6.93. The maximum atomic E-state index is 10.4. The fraction of sp³-hybridized carbons (Fsp3) is 0.600. The van der Waals surface area contributed by atoms with Crippen LogP contribution in [0.15, 0.2) is 12.1 Å². The third kappa shape index (κ3) is 2.06. The van der Waals surface area contributed by atoms with Crippen LogP contribution in [-0.2, 0) is 12.8 Å². The van der Waals surface area contributed by atoms with Crippen LogP contribution in [0.3, 0.4) is 0 Å². The summed E-state index contributed by atoms with van der Waals surface area (Å²) < 4.78 is 0. The van der Waals surface area contributed by atoms with Crippen molar-refractivity contribution < 1.29 is 5.11 Å². The molecule has 0 bridgehead atoms. The van der Waals surface area contributed by atoms with Crippen molar-refractivity contribution in [1.82, 2.24) is 5.32 Å². The second-order valence-corrected chi connectivity index (χ2v) is 5.35. The average molecular weight is 231 g/mol. The predicted octanol–water partition coefficient (Wildman–Crippen LogP) is 3.09. The van der Waals surface area contributed by atoms with Crippen LogP contribution in [0.25, 0.3) is 0 Å². The van der Waals surface area contributed by atoms with E-state index < -0.39 is 0 Å². The summed E-state index contributed by atoms with van der Waals surface area (Å²) in [5.74, 6) is 0.585. The minimum atomic E-state index is 0.371. The number of hydrogen-bond acceptors (Lipinski definition) is 2. The van der Waals surface area contributed by atoms with Crippen LogP contribution in [0.2, 0.25) is 0 Å². The summed E-state index contributed by atoms with van der Waals surface area (Å²) in [5.41, 5.74) is 3.72. The van der Waals surface area contributed by atoms with Gasteiger partial charge in [0.1, 0.15) is 5.75 Å². The number of phenols is 1. The van der Waals surface area contributed by atoms with Gasteiger partial charge in [-0.25, -0.2) is 0 Å². The molecule has 2 nitrogen and oxygen atoms in total. The van der Waals surface area contributed by atoms with Crippen molar-refractivity contribution in [3.05, 3.63) is 28.8 Å². The molecule has 1 saturated heterocycles. The molecule has 1 unspecified atom stereocenters. The molecule has 2 aliphatic rings. The van der Waals surface area contributed by atoms with E-state index in [2.05, 4.69) is 17.4 Å². The van der Waals surface area contributed by atoms with Gasteiger partial charge >= 0.3 is 0 Å². The monoisotopic (exact) mass is 231 g/mol. The van der Waals surface area contributed by atoms with Gasteiger partial charge in [-0.15, -0.1) is 0 Å². The number of hydrogen-bond donors (Lipinski definition) is 2. The van der Waals surface area contributed by atoms with Crippen LogP contribution in [-0.4, -0.2) is 11.7 Å². The summed E-state index contributed by atoms with van der Waals surface area (Å²) in [5, 5.41) is 14.0. The molecule has 17 heavy (non-hydrogen) atoms. The second kappa shape index (κ2) is 4.69. The Labute approximate surface area is 103 Å². The highest BCUT2D eigenvalue weighted by Gasteiger charge is 2.22. The lowest BCUT2D eigenvalue weighted by Gasteiger charge is -2.27. The SMILES string of the molecule is Oc1c(C2CCCCN2)ccc2c1CCCC2. The molecular formula is C15H21NO. The van der Waals surface area contributed by atoms with Crippen LogP contribution >= 0.6 is 0 Å². The van der Waals surface area contributed by atoms with Gasteiger partial charge in [-0.1, -0.05) is 18.6 Å². The minimum absolute atomic E-state index is 0.371. The van der Waals surface area contributed by atoms with E-state index in [0.717, 1.165) is 31.4 Å². The van der Waals surface area contributed by atoms with E-state index in [1.165, 1.54) is 36.8 Å². The lowest BCUT2D eigenvalue weighted by molar-refractivity contribution is 0.387. The molecule has 0 saturated carbocycles. The molecule has 1 aliphatic carbocycles. The summed E-state index contributed by atoms with van der Waals surface area (Å²) in [4.78, 5) is 0. The fourth-order valence-electron chi connectivity index (χ4n) is 3.23. The van der Waals surface area contributed by atoms with Gasteiger partial charge in [-0.2, -0.15) is 0 Å². The van der Waals surface area contributed by atoms with Gasteiger partial charge in [0.05, 0.1) is 0 Å². The van der Waals surface area contributed by atoms with Crippen LogP contribution < -0.4 is 5.32 Å². The number of piperidine rings is 1. The van der Waals surface area contributed by atoms with Gasteiger partial charge in [0.15, 0.2) is 0 Å². The van der Waals surface area contributed by atoms with Gasteiger partial charge in [0, 0.05) is 11.6 Å². The Balaban J connectivity index is 1.94. The number of aryl methyl sites for hydroxylation is 1. The van der Waals surface area contributed by atoms with Gasteiger partial charge in [0.25, 0.3) is 0 Å². The largest absolute Gasteiger partial charge is 0.507 e. The zero-order valence-electron chi connectivity index (χ0n) is 10.3. The predicted molar refractivity (Wildman–Crippen MR) is 69.3 cm³/mol. The van der Waals surface area contributed by atoms with Crippen molar-refractivity contribution >= 4 is 0 Å². The third-order valence-corrected chi connectivity index (χ3v) is 4.22. The van der Waals surface area contributed by atoms with E-state index >= 15 is 0 Å². The van der Waals surface area contributed by atoms with Crippen molar-refractivity contribution in [3.8, 4) is 5.75 Å². The highest BCUT2D eigenvalue weighted by atomic mass is 16.3. The summed E-state index contributed by atoms with van der Waals surface area (Å²) in [6.45, 7) is 1.08. The third-order valence-electron chi connectivity index (χ3n) is 4.22. The van der Waals surface area contributed by atoms with Crippen molar-refractivity contribution in [1.29, 1.82) is 0 Å². The Bertz CT molecular complexity index is 408. The van der Waals surface area contributed by atoms with Crippen molar-refractivity contribution in [2.45, 2.75) is 51.0 Å². The molecule has 1 heterocycles. The minimum Gasteiger partial charge on any atom is -0.507 e. The fourth-order valence-corrected chi connectivity index (χ4v) is 3.23. The van der Waals surface area contributed by atoms with E-state index in [-0.39, 0.29) is 0 Å². The van der Waals surface area contributed by atoms with Crippen molar-refractivity contribution in [2.24, 2.45) is 0 Å². The van der Waals surface area contributed by atoms with E-state index in [9.17, 15) is 5.11 Å². The van der Waals surface area contributed by atoms with Crippen LogP contribution in [0, 0.1) is 0 Å². The molecule has 2 N–H and O–H groups in total. The molecule has 0 spiro atoms. The number of phenolic OH excluding ortho intramolecular Hbond substituents is 1. The zero-order valence-corrected chi connectivity index (χ0v) is 10.3. The molecule has 1 fully saturated rings. The first kappa shape index (κ1) is 11.1. The Morgan fingerprint density at radius 1 is 1.06 bits per heavy atom. The quantitative estimate of drug-likeness (QED) is 0.778. The lowest BCUT2D eigenvalue weighted by Crippen LogP contribution is -2.27. The molecule has 0 radical (unpaired) electrons. The summed E-state index contributed by atoms with van der Waals surface area (Å²) >= 11 is 0. The zero-order chi connectivity index (χ0) is 11.7. The number of rotatable bonds is 1. The molecule has 0 aromatic heterocycles. The van der Waals surface area contributed by atoms with Gasteiger partial charge in [0.2, 0.25) is 0 Å². The van der Waals surface area contributed by atoms with Crippen molar-refractivity contribution in [3.63, 3.8) is 0 Å². The lowest BCUT2D eigenvalue weighted by atomic mass is 9.86. The summed E-state index contributed by atoms with van der Waals surface area (Å²) in [6, 6.07) is 4.75. The molecule has 1 aromatic carbocycles. The highest BCUT2D eigenvalue weighted by Crippen LogP contribution is 2.37. The normalized spacial score (nSPS) is 24.4. The molecule has 3 rings (SSSR count). The van der Waals surface area contributed by atoms with Crippen LogP contribution in [0.1, 0.15) is 54.8 Å². The molecule has 1 atom stereocenters. The highest BCUT2D eigenvalue weighted by molar-refractivity contribution is 5.48. The molecule has 1 aliphatic heterocycles. The smallest absolute Gasteiger partial charge is 0.123 e. The second-order valence-electron chi connectivity index (χ2n) is 5.35.